The quantitative estimate of drug-likeness (QED) is 0.390. The number of rotatable bonds is 3. The number of isocyanates is 1. The molecule has 3 nitrogen and oxygen atoms in total. The lowest BCUT2D eigenvalue weighted by Gasteiger charge is -2.24. The molecule has 0 bridgehead atoms. The smallest absolute Gasteiger partial charge is 0.211 e. The molecule has 0 radical (unpaired) electrons. The van der Waals surface area contributed by atoms with E-state index in [0.29, 0.717) is 6.42 Å². The summed E-state index contributed by atoms with van der Waals surface area (Å²) in [6, 6.07) is 2.14. The lowest BCUT2D eigenvalue weighted by atomic mass is 9.82. The third-order valence-corrected chi connectivity index (χ3v) is 2.76. The Morgan fingerprint density at radius 1 is 1.64 bits per heavy atom. The van der Waals surface area contributed by atoms with E-state index in [-0.39, 0.29) is 0 Å². The van der Waals surface area contributed by atoms with Crippen molar-refractivity contribution in [3.8, 4) is 6.07 Å². The number of hydrogen-bond donors (Lipinski definition) is 0. The van der Waals surface area contributed by atoms with E-state index in [1.54, 1.807) is 0 Å². The Kier molecular flexibility index (Phi) is 3.62. The fourth-order valence-corrected chi connectivity index (χ4v) is 1.85. The van der Waals surface area contributed by atoms with Crippen molar-refractivity contribution in [3.05, 3.63) is 11.6 Å². The summed E-state index contributed by atoms with van der Waals surface area (Å²) in [5, 5.41) is 9.10. The second kappa shape index (κ2) is 4.74. The SMILES string of the molecule is CCC(C#N)(N=C=O)C1=CCCCC1. The van der Waals surface area contributed by atoms with Crippen molar-refractivity contribution < 1.29 is 4.79 Å². The highest BCUT2D eigenvalue weighted by atomic mass is 16.1. The first-order chi connectivity index (χ1) is 6.79. The van der Waals surface area contributed by atoms with Gasteiger partial charge in [-0.15, -0.1) is 0 Å². The monoisotopic (exact) mass is 190 g/mol. The van der Waals surface area contributed by atoms with Crippen LogP contribution in [-0.4, -0.2) is 11.6 Å². The number of allylic oxidation sites excluding steroid dienone is 1. The molecule has 0 fully saturated rings. The van der Waals surface area contributed by atoms with Crippen molar-refractivity contribution in [2.45, 2.75) is 44.6 Å². The van der Waals surface area contributed by atoms with Crippen molar-refractivity contribution >= 4 is 6.08 Å². The van der Waals surface area contributed by atoms with Gasteiger partial charge in [-0.1, -0.05) is 13.0 Å². The lowest BCUT2D eigenvalue weighted by Crippen LogP contribution is -2.27. The van der Waals surface area contributed by atoms with Crippen molar-refractivity contribution in [2.24, 2.45) is 4.99 Å². The van der Waals surface area contributed by atoms with Gasteiger partial charge in [-0.2, -0.15) is 10.3 Å². The fourth-order valence-electron chi connectivity index (χ4n) is 1.85. The van der Waals surface area contributed by atoms with Crippen molar-refractivity contribution in [1.82, 2.24) is 0 Å². The Morgan fingerprint density at radius 2 is 2.43 bits per heavy atom. The van der Waals surface area contributed by atoms with Gasteiger partial charge in [0, 0.05) is 0 Å². The zero-order valence-corrected chi connectivity index (χ0v) is 8.42. The van der Waals surface area contributed by atoms with Gasteiger partial charge in [0.05, 0.1) is 6.07 Å². The molecule has 1 rings (SSSR count). The first-order valence-electron chi connectivity index (χ1n) is 4.99. The molecular weight excluding hydrogens is 176 g/mol. The van der Waals surface area contributed by atoms with Crippen LogP contribution in [0.1, 0.15) is 39.0 Å². The van der Waals surface area contributed by atoms with Crippen LogP contribution in [0.2, 0.25) is 0 Å². The zero-order chi connectivity index (χ0) is 10.4. The maximum Gasteiger partial charge on any atom is 0.236 e. The number of carbonyl (C=O) groups excluding carboxylic acids is 1. The van der Waals surface area contributed by atoms with Gasteiger partial charge < -0.3 is 0 Å². The van der Waals surface area contributed by atoms with Gasteiger partial charge in [-0.05, 0) is 37.7 Å². The number of nitriles is 1. The van der Waals surface area contributed by atoms with Gasteiger partial charge in [0.2, 0.25) is 6.08 Å². The lowest BCUT2D eigenvalue weighted by molar-refractivity contribution is 0.524. The van der Waals surface area contributed by atoms with Crippen molar-refractivity contribution in [3.63, 3.8) is 0 Å². The third-order valence-electron chi connectivity index (χ3n) is 2.76. The van der Waals surface area contributed by atoms with Crippen molar-refractivity contribution in [1.29, 1.82) is 5.26 Å². The molecule has 0 aliphatic heterocycles. The summed E-state index contributed by atoms with van der Waals surface area (Å²) in [4.78, 5) is 14.0. The summed E-state index contributed by atoms with van der Waals surface area (Å²) in [5.74, 6) is 0. The van der Waals surface area contributed by atoms with E-state index in [1.165, 1.54) is 12.5 Å². The van der Waals surface area contributed by atoms with Gasteiger partial charge in [0.25, 0.3) is 0 Å². The highest BCUT2D eigenvalue weighted by molar-refractivity contribution is 5.42. The molecule has 1 unspecified atom stereocenters. The van der Waals surface area contributed by atoms with Crippen LogP contribution in [0.3, 0.4) is 0 Å². The first kappa shape index (κ1) is 10.7. The number of nitrogens with zero attached hydrogens (tertiary/aromatic N) is 2. The second-order valence-corrected chi connectivity index (χ2v) is 3.50. The Hall–Kier alpha value is -1.39. The minimum Gasteiger partial charge on any atom is -0.211 e. The van der Waals surface area contributed by atoms with Crippen LogP contribution in [0.15, 0.2) is 16.6 Å². The molecule has 0 amide bonds. The minimum atomic E-state index is -0.928. The summed E-state index contributed by atoms with van der Waals surface area (Å²) in [6.07, 6.45) is 8.25. The van der Waals surface area contributed by atoms with Crippen molar-refractivity contribution in [2.75, 3.05) is 0 Å². The maximum atomic E-state index is 10.3. The molecule has 1 aliphatic carbocycles. The third kappa shape index (κ3) is 1.92. The summed E-state index contributed by atoms with van der Waals surface area (Å²) in [5.41, 5.74) is 0.0689. The van der Waals surface area contributed by atoms with Crippen LogP contribution < -0.4 is 0 Å². The molecule has 0 aromatic carbocycles. The molecule has 0 aromatic rings. The van der Waals surface area contributed by atoms with E-state index in [2.05, 4.69) is 17.1 Å². The van der Waals surface area contributed by atoms with E-state index in [4.69, 9.17) is 5.26 Å². The van der Waals surface area contributed by atoms with Crippen LogP contribution in [-0.2, 0) is 4.79 Å². The van der Waals surface area contributed by atoms with Crippen LogP contribution in [0.25, 0.3) is 0 Å². The van der Waals surface area contributed by atoms with Crippen LogP contribution in [0.4, 0.5) is 0 Å². The fraction of sp³-hybridized carbons (Fsp3) is 0.636. The molecule has 0 saturated heterocycles. The zero-order valence-electron chi connectivity index (χ0n) is 8.42. The Balaban J connectivity index is 3.03. The highest BCUT2D eigenvalue weighted by Gasteiger charge is 2.32. The largest absolute Gasteiger partial charge is 0.236 e. The van der Waals surface area contributed by atoms with E-state index in [0.717, 1.165) is 24.8 Å². The Morgan fingerprint density at radius 3 is 2.86 bits per heavy atom. The molecule has 14 heavy (non-hydrogen) atoms. The van der Waals surface area contributed by atoms with Gasteiger partial charge in [-0.25, -0.2) is 4.79 Å². The predicted octanol–water partition coefficient (Wildman–Crippen LogP) is 2.49. The first-order valence-corrected chi connectivity index (χ1v) is 4.99. The molecule has 74 valence electrons. The van der Waals surface area contributed by atoms with E-state index >= 15 is 0 Å². The Bertz CT molecular complexity index is 321. The predicted molar refractivity (Wildman–Crippen MR) is 53.3 cm³/mol. The van der Waals surface area contributed by atoms with Crippen LogP contribution in [0, 0.1) is 11.3 Å². The average molecular weight is 190 g/mol. The molecular formula is C11H14N2O. The number of hydrogen-bond acceptors (Lipinski definition) is 3. The maximum absolute atomic E-state index is 10.3. The second-order valence-electron chi connectivity index (χ2n) is 3.50. The van der Waals surface area contributed by atoms with E-state index in [9.17, 15) is 4.79 Å². The molecule has 0 aromatic heterocycles. The standard InChI is InChI=1S/C11H14N2O/c1-2-11(8-12,13-9-14)10-6-4-3-5-7-10/h6H,2-5,7H2,1H3. The summed E-state index contributed by atoms with van der Waals surface area (Å²) < 4.78 is 0. The van der Waals surface area contributed by atoms with Crippen LogP contribution in [0.5, 0.6) is 0 Å². The summed E-state index contributed by atoms with van der Waals surface area (Å²) in [7, 11) is 0. The van der Waals surface area contributed by atoms with E-state index < -0.39 is 5.54 Å². The molecule has 0 heterocycles. The summed E-state index contributed by atoms with van der Waals surface area (Å²) in [6.45, 7) is 1.87. The Labute approximate surface area is 84.1 Å². The molecule has 0 spiro atoms. The van der Waals surface area contributed by atoms with Gasteiger partial charge >= 0.3 is 0 Å². The van der Waals surface area contributed by atoms with E-state index in [1.807, 2.05) is 6.92 Å². The van der Waals surface area contributed by atoms with Gasteiger partial charge in [-0.3, -0.25) is 0 Å². The molecule has 3 heteroatoms. The number of aliphatic imine (C=N–C) groups is 1. The van der Waals surface area contributed by atoms with Crippen LogP contribution >= 0.6 is 0 Å². The molecule has 1 aliphatic rings. The summed E-state index contributed by atoms with van der Waals surface area (Å²) >= 11 is 0. The topological polar surface area (TPSA) is 53.2 Å². The average Bonchev–Trinajstić information content (AvgIpc) is 2.27. The minimum absolute atomic E-state index is 0.546. The molecule has 0 N–H and O–H groups in total. The van der Waals surface area contributed by atoms with Gasteiger partial charge in [0.1, 0.15) is 0 Å². The van der Waals surface area contributed by atoms with Gasteiger partial charge in [0.15, 0.2) is 5.54 Å². The highest BCUT2D eigenvalue weighted by Crippen LogP contribution is 2.32. The molecule has 1 atom stereocenters. The molecule has 0 saturated carbocycles. The normalized spacial score (nSPS) is 19.9.